The molecule has 1 aliphatic rings. The van der Waals surface area contributed by atoms with E-state index in [0.29, 0.717) is 0 Å². The number of hydrogen-bond donors (Lipinski definition) is 2. The van der Waals surface area contributed by atoms with Crippen molar-refractivity contribution in [2.45, 2.75) is 12.6 Å². The van der Waals surface area contributed by atoms with Crippen LogP contribution in [0.1, 0.15) is 15.9 Å². The van der Waals surface area contributed by atoms with Crippen molar-refractivity contribution in [1.82, 2.24) is 10.3 Å². The Kier molecular flexibility index (Phi) is 4.80. The second-order valence-electron chi connectivity index (χ2n) is 5.51. The van der Waals surface area contributed by atoms with Crippen molar-refractivity contribution in [3.63, 3.8) is 0 Å². The molecule has 0 aromatic heterocycles. The van der Waals surface area contributed by atoms with Crippen LogP contribution in [0, 0.1) is 0 Å². The zero-order valence-electron chi connectivity index (χ0n) is 12.5. The van der Waals surface area contributed by atoms with Gasteiger partial charge in [-0.2, -0.15) is 0 Å². The molecule has 116 valence electrons. The number of nitrogens with two attached hydrogens (primary N) is 1. The van der Waals surface area contributed by atoms with E-state index < -0.39 is 0 Å². The summed E-state index contributed by atoms with van der Waals surface area (Å²) in [6, 6.07) is 11.9. The van der Waals surface area contributed by atoms with Crippen LogP contribution >= 0.6 is 0 Å². The van der Waals surface area contributed by atoms with Crippen molar-refractivity contribution in [3.8, 4) is 0 Å². The topological polar surface area (TPSA) is 67.6 Å². The van der Waals surface area contributed by atoms with Gasteiger partial charge in [0, 0.05) is 25.1 Å². The van der Waals surface area contributed by atoms with Crippen LogP contribution in [0.15, 0.2) is 36.4 Å². The minimum Gasteiger partial charge on any atom is -0.379 e. The number of hydrazine groups is 1. The fraction of sp³-hybridized carbons (Fsp3) is 0.353. The minimum absolute atomic E-state index is 0.0642. The van der Waals surface area contributed by atoms with E-state index in [2.05, 4.69) is 16.4 Å². The van der Waals surface area contributed by atoms with Crippen molar-refractivity contribution in [2.24, 2.45) is 5.84 Å². The Balaban J connectivity index is 1.90. The largest absolute Gasteiger partial charge is 0.379 e. The second-order valence-corrected chi connectivity index (χ2v) is 5.51. The van der Waals surface area contributed by atoms with Crippen LogP contribution in [0.2, 0.25) is 0 Å². The second kappa shape index (κ2) is 6.98. The molecule has 5 heteroatoms. The summed E-state index contributed by atoms with van der Waals surface area (Å²) in [5.41, 5.74) is 4.83. The van der Waals surface area contributed by atoms with Gasteiger partial charge in [0.2, 0.25) is 0 Å². The molecule has 22 heavy (non-hydrogen) atoms. The third kappa shape index (κ3) is 3.03. The fourth-order valence-corrected chi connectivity index (χ4v) is 3.06. The van der Waals surface area contributed by atoms with Crippen molar-refractivity contribution >= 4 is 17.1 Å². The number of ether oxygens (including phenoxy) is 1. The molecule has 0 bridgehead atoms. The van der Waals surface area contributed by atoms with E-state index in [0.717, 1.165) is 55.3 Å². The third-order valence-electron chi connectivity index (χ3n) is 4.27. The summed E-state index contributed by atoms with van der Waals surface area (Å²) in [7, 11) is 0. The molecule has 2 aromatic rings. The van der Waals surface area contributed by atoms with Crippen LogP contribution < -0.4 is 11.3 Å². The Morgan fingerprint density at radius 3 is 2.59 bits per heavy atom. The molecule has 5 nitrogen and oxygen atoms in total. The van der Waals surface area contributed by atoms with Crippen molar-refractivity contribution in [1.29, 1.82) is 0 Å². The van der Waals surface area contributed by atoms with E-state index in [4.69, 9.17) is 10.6 Å². The molecular weight excluding hydrogens is 278 g/mol. The highest BCUT2D eigenvalue weighted by Crippen LogP contribution is 2.23. The number of morpholine rings is 1. The van der Waals surface area contributed by atoms with E-state index in [1.165, 1.54) is 5.56 Å². The number of hydrogen-bond acceptors (Lipinski definition) is 5. The van der Waals surface area contributed by atoms with Crippen LogP contribution in [0.3, 0.4) is 0 Å². The summed E-state index contributed by atoms with van der Waals surface area (Å²) in [6.45, 7) is 3.23. The lowest BCUT2D eigenvalue weighted by Gasteiger charge is -2.34. The van der Waals surface area contributed by atoms with Crippen LogP contribution in [-0.4, -0.2) is 43.7 Å². The number of benzene rings is 2. The van der Waals surface area contributed by atoms with Gasteiger partial charge in [-0.1, -0.05) is 36.4 Å². The van der Waals surface area contributed by atoms with Gasteiger partial charge in [0.05, 0.1) is 19.4 Å². The molecule has 1 fully saturated rings. The molecular formula is C17H21N3O2. The number of carbonyl (C=O) groups is 1. The summed E-state index contributed by atoms with van der Waals surface area (Å²) in [6.07, 6.45) is 1.76. The predicted octanol–water partition coefficient (Wildman–Crippen LogP) is 1.32. The summed E-state index contributed by atoms with van der Waals surface area (Å²) < 4.78 is 5.40. The predicted molar refractivity (Wildman–Crippen MR) is 86.5 cm³/mol. The van der Waals surface area contributed by atoms with Gasteiger partial charge in [0.25, 0.3) is 0 Å². The molecule has 0 radical (unpaired) electrons. The maximum absolute atomic E-state index is 11.2. The van der Waals surface area contributed by atoms with E-state index in [9.17, 15) is 4.79 Å². The highest BCUT2D eigenvalue weighted by Gasteiger charge is 2.21. The van der Waals surface area contributed by atoms with E-state index in [1.54, 1.807) is 0 Å². The molecule has 1 aliphatic heterocycles. The van der Waals surface area contributed by atoms with Gasteiger partial charge in [-0.15, -0.1) is 0 Å². The Hall–Kier alpha value is -1.79. The van der Waals surface area contributed by atoms with E-state index in [-0.39, 0.29) is 6.17 Å². The standard InChI is InChI=1S/C17H21N3O2/c18-19-17(20-7-9-22-10-8-20)11-13-5-6-14(12-21)16-4-2-1-3-15(13)16/h1-6,12,17,19H,7-11,18H2. The Morgan fingerprint density at radius 2 is 1.91 bits per heavy atom. The first-order valence-corrected chi connectivity index (χ1v) is 7.57. The van der Waals surface area contributed by atoms with Gasteiger partial charge < -0.3 is 4.74 Å². The number of nitrogens with zero attached hydrogens (tertiary/aromatic N) is 1. The number of nitrogens with one attached hydrogen (secondary N) is 1. The highest BCUT2D eigenvalue weighted by atomic mass is 16.5. The van der Waals surface area contributed by atoms with Crippen LogP contribution in [0.5, 0.6) is 0 Å². The van der Waals surface area contributed by atoms with Gasteiger partial charge >= 0.3 is 0 Å². The summed E-state index contributed by atoms with van der Waals surface area (Å²) in [5.74, 6) is 5.76. The zero-order valence-corrected chi connectivity index (χ0v) is 12.5. The summed E-state index contributed by atoms with van der Waals surface area (Å²) in [4.78, 5) is 13.5. The molecule has 0 saturated carbocycles. The first-order valence-electron chi connectivity index (χ1n) is 7.57. The van der Waals surface area contributed by atoms with Crippen LogP contribution in [-0.2, 0) is 11.2 Å². The molecule has 3 rings (SSSR count). The normalized spacial score (nSPS) is 17.5. The average molecular weight is 299 g/mol. The molecule has 0 aliphatic carbocycles. The Labute approximate surface area is 130 Å². The van der Waals surface area contributed by atoms with E-state index in [1.807, 2.05) is 30.3 Å². The first-order chi connectivity index (χ1) is 10.8. The van der Waals surface area contributed by atoms with Crippen molar-refractivity contribution < 1.29 is 9.53 Å². The molecule has 2 aromatic carbocycles. The van der Waals surface area contributed by atoms with Crippen LogP contribution in [0.25, 0.3) is 10.8 Å². The SMILES string of the molecule is NNC(Cc1ccc(C=O)c2ccccc12)N1CCOCC1. The molecule has 1 unspecified atom stereocenters. The van der Waals surface area contributed by atoms with Gasteiger partial charge in [-0.3, -0.25) is 15.5 Å². The van der Waals surface area contributed by atoms with Gasteiger partial charge in [0.15, 0.2) is 6.29 Å². The fourth-order valence-electron chi connectivity index (χ4n) is 3.06. The molecule has 1 saturated heterocycles. The average Bonchev–Trinajstić information content (AvgIpc) is 2.60. The number of aldehydes is 1. The van der Waals surface area contributed by atoms with Gasteiger partial charge in [-0.25, -0.2) is 5.43 Å². The maximum Gasteiger partial charge on any atom is 0.150 e. The monoisotopic (exact) mass is 299 g/mol. The number of carbonyl (C=O) groups excluding carboxylic acids is 1. The van der Waals surface area contributed by atoms with E-state index >= 15 is 0 Å². The number of rotatable bonds is 5. The molecule has 0 amide bonds. The lowest BCUT2D eigenvalue weighted by Crippen LogP contribution is -2.54. The highest BCUT2D eigenvalue weighted by molar-refractivity contribution is 5.99. The van der Waals surface area contributed by atoms with Gasteiger partial charge in [0.1, 0.15) is 0 Å². The lowest BCUT2D eigenvalue weighted by molar-refractivity contribution is 0.00899. The van der Waals surface area contributed by atoms with Gasteiger partial charge in [-0.05, 0) is 16.3 Å². The maximum atomic E-state index is 11.2. The molecule has 0 spiro atoms. The molecule has 1 heterocycles. The molecule has 3 N–H and O–H groups in total. The Bertz CT molecular complexity index is 653. The zero-order chi connectivity index (χ0) is 15.4. The third-order valence-corrected chi connectivity index (χ3v) is 4.27. The summed E-state index contributed by atoms with van der Waals surface area (Å²) >= 11 is 0. The Morgan fingerprint density at radius 1 is 1.18 bits per heavy atom. The number of fused-ring (bicyclic) bond motifs is 1. The quantitative estimate of drug-likeness (QED) is 0.495. The van der Waals surface area contributed by atoms with Crippen molar-refractivity contribution in [3.05, 3.63) is 47.5 Å². The molecule has 1 atom stereocenters. The van der Waals surface area contributed by atoms with Crippen molar-refractivity contribution in [2.75, 3.05) is 26.3 Å². The summed E-state index contributed by atoms with van der Waals surface area (Å²) in [5, 5.41) is 2.10. The lowest BCUT2D eigenvalue weighted by atomic mass is 9.97. The minimum atomic E-state index is 0.0642. The smallest absolute Gasteiger partial charge is 0.150 e. The first kappa shape index (κ1) is 15.1. The van der Waals surface area contributed by atoms with Crippen LogP contribution in [0.4, 0.5) is 0 Å².